The number of halogens is 3. The van der Waals surface area contributed by atoms with E-state index in [2.05, 4.69) is 9.17 Å². The molecular weight excluding hydrogens is 343 g/mol. The highest BCUT2D eigenvalue weighted by atomic mass is 32.2. The number of pyridine rings is 1. The predicted octanol–water partition coefficient (Wildman–Crippen LogP) is 4.13. The number of hydrogen-bond acceptors (Lipinski definition) is 4. The van der Waals surface area contributed by atoms with Crippen LogP contribution in [-0.2, 0) is 10.1 Å². The van der Waals surface area contributed by atoms with Gasteiger partial charge in [-0.2, -0.15) is 21.6 Å². The lowest BCUT2D eigenvalue weighted by Crippen LogP contribution is -2.28. The molecule has 8 heteroatoms. The summed E-state index contributed by atoms with van der Waals surface area (Å²) in [6, 6.07) is 12.9. The number of hydrogen-bond donors (Lipinski definition) is 0. The van der Waals surface area contributed by atoms with Crippen molar-refractivity contribution in [2.45, 2.75) is 5.51 Å². The van der Waals surface area contributed by atoms with Crippen LogP contribution in [0.1, 0.15) is 0 Å². The Morgan fingerprint density at radius 2 is 1.62 bits per heavy atom. The molecule has 0 saturated carbocycles. The summed E-state index contributed by atoms with van der Waals surface area (Å²) in [6.07, 6.45) is 2.91. The minimum Gasteiger partial charge on any atom is -0.375 e. The first-order chi connectivity index (χ1) is 11.3. The zero-order chi connectivity index (χ0) is 17.4. The first-order valence-electron chi connectivity index (χ1n) is 6.72. The van der Waals surface area contributed by atoms with Gasteiger partial charge < -0.3 is 4.18 Å². The van der Waals surface area contributed by atoms with E-state index in [-0.39, 0.29) is 5.56 Å². The number of aromatic nitrogens is 1. The highest BCUT2D eigenvalue weighted by molar-refractivity contribution is 7.88. The zero-order valence-corrected chi connectivity index (χ0v) is 12.8. The second kappa shape index (κ2) is 5.79. The van der Waals surface area contributed by atoms with E-state index in [0.717, 1.165) is 5.39 Å². The van der Waals surface area contributed by atoms with Crippen LogP contribution in [-0.4, -0.2) is 18.9 Å². The summed E-state index contributed by atoms with van der Waals surface area (Å²) >= 11 is 0. The van der Waals surface area contributed by atoms with Gasteiger partial charge in [-0.05, 0) is 29.0 Å². The molecule has 0 spiro atoms. The first kappa shape index (κ1) is 16.3. The van der Waals surface area contributed by atoms with Crippen LogP contribution in [0.2, 0.25) is 0 Å². The quantitative estimate of drug-likeness (QED) is 0.525. The zero-order valence-electron chi connectivity index (χ0n) is 12.0. The average molecular weight is 353 g/mol. The molecule has 24 heavy (non-hydrogen) atoms. The maximum atomic E-state index is 12.6. The third-order valence-corrected chi connectivity index (χ3v) is 4.27. The molecule has 0 aliphatic carbocycles. The van der Waals surface area contributed by atoms with Crippen LogP contribution in [0.5, 0.6) is 5.75 Å². The van der Waals surface area contributed by atoms with Crippen molar-refractivity contribution < 1.29 is 25.8 Å². The van der Waals surface area contributed by atoms with Crippen molar-refractivity contribution in [3.05, 3.63) is 60.9 Å². The van der Waals surface area contributed by atoms with Crippen LogP contribution < -0.4 is 4.18 Å². The van der Waals surface area contributed by atoms with Crippen LogP contribution in [0.3, 0.4) is 0 Å². The van der Waals surface area contributed by atoms with Crippen LogP contribution in [0.15, 0.2) is 60.9 Å². The van der Waals surface area contributed by atoms with E-state index in [1.54, 1.807) is 42.5 Å². The summed E-state index contributed by atoms with van der Waals surface area (Å²) in [6.45, 7) is 0. The molecule has 1 heterocycles. The standard InChI is InChI=1S/C16H10F3NO3S/c17-16(18,19)24(21,22)23-15-9-12-5-2-1-4-11(12)8-14(15)13-6-3-7-20-10-13/h1-10H. The van der Waals surface area contributed by atoms with Crippen molar-refractivity contribution in [2.75, 3.05) is 0 Å². The molecule has 2 aromatic carbocycles. The van der Waals surface area contributed by atoms with Gasteiger partial charge in [-0.15, -0.1) is 0 Å². The number of nitrogens with zero attached hydrogens (tertiary/aromatic N) is 1. The van der Waals surface area contributed by atoms with Crippen molar-refractivity contribution in [3.63, 3.8) is 0 Å². The van der Waals surface area contributed by atoms with E-state index in [1.165, 1.54) is 18.5 Å². The van der Waals surface area contributed by atoms with Crippen molar-refractivity contribution >= 4 is 20.9 Å². The third kappa shape index (κ3) is 3.05. The average Bonchev–Trinajstić information content (AvgIpc) is 2.53. The van der Waals surface area contributed by atoms with Crippen LogP contribution >= 0.6 is 0 Å². The molecule has 124 valence electrons. The molecule has 0 aliphatic rings. The van der Waals surface area contributed by atoms with E-state index in [1.807, 2.05) is 0 Å². The Kier molecular flexibility index (Phi) is 3.92. The van der Waals surface area contributed by atoms with E-state index in [9.17, 15) is 21.6 Å². The molecule has 4 nitrogen and oxygen atoms in total. The molecule has 3 rings (SSSR count). The molecule has 1 aromatic heterocycles. The lowest BCUT2D eigenvalue weighted by molar-refractivity contribution is -0.0499. The van der Waals surface area contributed by atoms with Gasteiger partial charge in [-0.3, -0.25) is 4.98 Å². The third-order valence-electron chi connectivity index (χ3n) is 3.30. The van der Waals surface area contributed by atoms with Crippen molar-refractivity contribution in [3.8, 4) is 16.9 Å². The van der Waals surface area contributed by atoms with E-state index in [4.69, 9.17) is 0 Å². The Labute approximate surface area is 135 Å². The fourth-order valence-corrected chi connectivity index (χ4v) is 2.67. The van der Waals surface area contributed by atoms with E-state index in [0.29, 0.717) is 10.9 Å². The van der Waals surface area contributed by atoms with E-state index < -0.39 is 21.4 Å². The molecule has 0 bridgehead atoms. The SMILES string of the molecule is O=S(=O)(Oc1cc2ccccc2cc1-c1cccnc1)C(F)(F)F. The largest absolute Gasteiger partial charge is 0.534 e. The van der Waals surface area contributed by atoms with Gasteiger partial charge in [0.15, 0.2) is 5.75 Å². The van der Waals surface area contributed by atoms with Crippen molar-refractivity contribution in [1.29, 1.82) is 0 Å². The second-order valence-corrected chi connectivity index (χ2v) is 6.46. The number of alkyl halides is 3. The Morgan fingerprint density at radius 1 is 0.958 bits per heavy atom. The lowest BCUT2D eigenvalue weighted by Gasteiger charge is -2.14. The number of rotatable bonds is 3. The van der Waals surface area contributed by atoms with Crippen LogP contribution in [0.4, 0.5) is 13.2 Å². The number of fused-ring (bicyclic) bond motifs is 1. The maximum Gasteiger partial charge on any atom is 0.534 e. The van der Waals surface area contributed by atoms with Gasteiger partial charge in [0.2, 0.25) is 0 Å². The van der Waals surface area contributed by atoms with Crippen molar-refractivity contribution in [2.24, 2.45) is 0 Å². The van der Waals surface area contributed by atoms with Gasteiger partial charge in [-0.25, -0.2) is 0 Å². The van der Waals surface area contributed by atoms with Gasteiger partial charge in [0, 0.05) is 23.5 Å². The fourth-order valence-electron chi connectivity index (χ4n) is 2.20. The lowest BCUT2D eigenvalue weighted by atomic mass is 10.0. The monoisotopic (exact) mass is 353 g/mol. The fraction of sp³-hybridized carbons (Fsp3) is 0.0625. The molecule has 0 unspecified atom stereocenters. The summed E-state index contributed by atoms with van der Waals surface area (Å²) in [4.78, 5) is 3.90. The summed E-state index contributed by atoms with van der Waals surface area (Å²) < 4.78 is 65.1. The smallest absolute Gasteiger partial charge is 0.375 e. The highest BCUT2D eigenvalue weighted by Crippen LogP contribution is 2.37. The van der Waals surface area contributed by atoms with Crippen LogP contribution in [0.25, 0.3) is 21.9 Å². The molecule has 0 N–H and O–H groups in total. The normalized spacial score (nSPS) is 12.3. The highest BCUT2D eigenvalue weighted by Gasteiger charge is 2.48. The van der Waals surface area contributed by atoms with Gasteiger partial charge in [0.1, 0.15) is 0 Å². The molecule has 0 fully saturated rings. The Morgan fingerprint density at radius 3 is 2.21 bits per heavy atom. The summed E-state index contributed by atoms with van der Waals surface area (Å²) in [5.41, 5.74) is -4.87. The van der Waals surface area contributed by atoms with Gasteiger partial charge in [0.25, 0.3) is 0 Å². The van der Waals surface area contributed by atoms with Gasteiger partial charge in [0.05, 0.1) is 0 Å². The topological polar surface area (TPSA) is 56.3 Å². The number of benzene rings is 2. The second-order valence-electron chi connectivity index (χ2n) is 4.92. The molecule has 3 aromatic rings. The molecule has 0 radical (unpaired) electrons. The molecular formula is C16H10F3NO3S. The minimum atomic E-state index is -5.77. The summed E-state index contributed by atoms with van der Waals surface area (Å²) in [7, 11) is -5.77. The van der Waals surface area contributed by atoms with Gasteiger partial charge >= 0.3 is 15.6 Å². The molecule has 0 saturated heterocycles. The van der Waals surface area contributed by atoms with Crippen LogP contribution in [0, 0.1) is 0 Å². The van der Waals surface area contributed by atoms with E-state index >= 15 is 0 Å². The summed E-state index contributed by atoms with van der Waals surface area (Å²) in [5, 5.41) is 1.28. The molecule has 0 atom stereocenters. The van der Waals surface area contributed by atoms with Crippen molar-refractivity contribution in [1.82, 2.24) is 4.98 Å². The predicted molar refractivity (Wildman–Crippen MR) is 82.8 cm³/mol. The Balaban J connectivity index is 2.22. The first-order valence-corrected chi connectivity index (χ1v) is 8.13. The minimum absolute atomic E-state index is 0.203. The summed E-state index contributed by atoms with van der Waals surface area (Å²) in [5.74, 6) is -0.404. The molecule has 0 amide bonds. The molecule has 0 aliphatic heterocycles. The van der Waals surface area contributed by atoms with Gasteiger partial charge in [-0.1, -0.05) is 30.3 Å². The maximum absolute atomic E-state index is 12.6. The Bertz CT molecular complexity index is 986. The Hall–Kier alpha value is -2.61.